The molecule has 0 bridgehead atoms. The van der Waals surface area contributed by atoms with Crippen molar-refractivity contribution in [2.24, 2.45) is 11.7 Å². The van der Waals surface area contributed by atoms with Crippen LogP contribution >= 0.6 is 0 Å². The van der Waals surface area contributed by atoms with Gasteiger partial charge in [0.15, 0.2) is 0 Å². The lowest BCUT2D eigenvalue weighted by Crippen LogP contribution is -2.18. The fourth-order valence-electron chi connectivity index (χ4n) is 2.48. The second-order valence-electron chi connectivity index (χ2n) is 4.49. The molecular formula is C14H20N2. The standard InChI is InChI=1S/C14H20N2/c1-3-12(11(2)10-15)13-7-9-16-8-5-4-6-14(13)16/h4-9,11-12H,3,10,15H2,1-2H3. The van der Waals surface area contributed by atoms with Gasteiger partial charge in [0.05, 0.1) is 0 Å². The maximum atomic E-state index is 5.79. The first-order valence-corrected chi connectivity index (χ1v) is 6.03. The van der Waals surface area contributed by atoms with Gasteiger partial charge in [-0.3, -0.25) is 0 Å². The summed E-state index contributed by atoms with van der Waals surface area (Å²) in [6.45, 7) is 5.23. The van der Waals surface area contributed by atoms with E-state index in [4.69, 9.17) is 5.73 Å². The molecule has 0 saturated heterocycles. The molecule has 0 aliphatic rings. The van der Waals surface area contributed by atoms with Crippen LogP contribution in [-0.2, 0) is 0 Å². The van der Waals surface area contributed by atoms with Gasteiger partial charge >= 0.3 is 0 Å². The molecule has 16 heavy (non-hydrogen) atoms. The fourth-order valence-corrected chi connectivity index (χ4v) is 2.48. The van der Waals surface area contributed by atoms with Crippen molar-refractivity contribution in [3.05, 3.63) is 42.2 Å². The molecule has 0 spiro atoms. The highest BCUT2D eigenvalue weighted by Crippen LogP contribution is 2.31. The second kappa shape index (κ2) is 4.71. The van der Waals surface area contributed by atoms with Crippen molar-refractivity contribution >= 4 is 5.52 Å². The molecule has 0 aromatic carbocycles. The van der Waals surface area contributed by atoms with Gasteiger partial charge in [0.25, 0.3) is 0 Å². The van der Waals surface area contributed by atoms with Crippen LogP contribution in [0.15, 0.2) is 36.7 Å². The number of rotatable bonds is 4. The summed E-state index contributed by atoms with van der Waals surface area (Å²) in [7, 11) is 0. The van der Waals surface area contributed by atoms with Crippen molar-refractivity contribution in [2.75, 3.05) is 6.54 Å². The summed E-state index contributed by atoms with van der Waals surface area (Å²) in [6, 6.07) is 8.57. The summed E-state index contributed by atoms with van der Waals surface area (Å²) >= 11 is 0. The average Bonchev–Trinajstić information content (AvgIpc) is 2.74. The van der Waals surface area contributed by atoms with E-state index in [-0.39, 0.29) is 0 Å². The van der Waals surface area contributed by atoms with Crippen LogP contribution in [0.25, 0.3) is 5.52 Å². The lowest BCUT2D eigenvalue weighted by atomic mass is 9.86. The summed E-state index contributed by atoms with van der Waals surface area (Å²) in [4.78, 5) is 0. The molecule has 2 heteroatoms. The molecule has 0 radical (unpaired) electrons. The van der Waals surface area contributed by atoms with E-state index in [1.165, 1.54) is 11.1 Å². The number of nitrogens with two attached hydrogens (primary N) is 1. The number of pyridine rings is 1. The number of fused-ring (bicyclic) bond motifs is 1. The van der Waals surface area contributed by atoms with Crippen molar-refractivity contribution in [1.82, 2.24) is 4.40 Å². The number of nitrogens with zero attached hydrogens (tertiary/aromatic N) is 1. The molecule has 0 fully saturated rings. The summed E-state index contributed by atoms with van der Waals surface area (Å²) in [5, 5.41) is 0. The van der Waals surface area contributed by atoms with Gasteiger partial charge in [-0.2, -0.15) is 0 Å². The summed E-state index contributed by atoms with van der Waals surface area (Å²) < 4.78 is 2.18. The topological polar surface area (TPSA) is 30.4 Å². The minimum Gasteiger partial charge on any atom is -0.330 e. The molecule has 2 rings (SSSR count). The first kappa shape index (κ1) is 11.2. The van der Waals surface area contributed by atoms with E-state index in [9.17, 15) is 0 Å². The van der Waals surface area contributed by atoms with Crippen LogP contribution in [0.2, 0.25) is 0 Å². The van der Waals surface area contributed by atoms with Gasteiger partial charge in [0, 0.05) is 17.9 Å². The van der Waals surface area contributed by atoms with Gasteiger partial charge in [-0.1, -0.05) is 19.9 Å². The third-order valence-corrected chi connectivity index (χ3v) is 3.50. The zero-order valence-electron chi connectivity index (χ0n) is 10.1. The van der Waals surface area contributed by atoms with Gasteiger partial charge in [-0.25, -0.2) is 0 Å². The third-order valence-electron chi connectivity index (χ3n) is 3.50. The van der Waals surface area contributed by atoms with Crippen LogP contribution in [-0.4, -0.2) is 10.9 Å². The minimum atomic E-state index is 0.538. The smallest absolute Gasteiger partial charge is 0.0484 e. The van der Waals surface area contributed by atoms with Crippen LogP contribution in [0.5, 0.6) is 0 Å². The van der Waals surface area contributed by atoms with Crippen molar-refractivity contribution in [1.29, 1.82) is 0 Å². The van der Waals surface area contributed by atoms with Crippen LogP contribution in [0, 0.1) is 5.92 Å². The maximum absolute atomic E-state index is 5.79. The first-order valence-electron chi connectivity index (χ1n) is 6.03. The summed E-state index contributed by atoms with van der Waals surface area (Å²) in [6.07, 6.45) is 5.38. The van der Waals surface area contributed by atoms with Crippen LogP contribution < -0.4 is 5.73 Å². The first-order chi connectivity index (χ1) is 7.77. The Balaban J connectivity index is 2.45. The van der Waals surface area contributed by atoms with E-state index in [0.717, 1.165) is 13.0 Å². The Hall–Kier alpha value is -1.28. The van der Waals surface area contributed by atoms with Gasteiger partial charge in [-0.15, -0.1) is 0 Å². The normalized spacial score (nSPS) is 15.2. The molecule has 2 aromatic heterocycles. The van der Waals surface area contributed by atoms with Gasteiger partial charge in [0.1, 0.15) is 0 Å². The predicted molar refractivity (Wildman–Crippen MR) is 68.6 cm³/mol. The molecule has 0 saturated carbocycles. The SMILES string of the molecule is CCC(c1ccn2ccccc12)C(C)CN. The predicted octanol–water partition coefficient (Wildman–Crippen LogP) is 3.03. The highest BCUT2D eigenvalue weighted by atomic mass is 14.9. The van der Waals surface area contributed by atoms with E-state index in [2.05, 4.69) is 54.9 Å². The zero-order chi connectivity index (χ0) is 11.5. The van der Waals surface area contributed by atoms with E-state index in [0.29, 0.717) is 11.8 Å². The monoisotopic (exact) mass is 216 g/mol. The van der Waals surface area contributed by atoms with Gasteiger partial charge in [0.2, 0.25) is 0 Å². The second-order valence-corrected chi connectivity index (χ2v) is 4.49. The van der Waals surface area contributed by atoms with Crippen LogP contribution in [0.4, 0.5) is 0 Å². The van der Waals surface area contributed by atoms with Crippen LogP contribution in [0.1, 0.15) is 31.7 Å². The Morgan fingerprint density at radius 2 is 2.06 bits per heavy atom. The van der Waals surface area contributed by atoms with E-state index < -0.39 is 0 Å². The molecule has 86 valence electrons. The van der Waals surface area contributed by atoms with Crippen molar-refractivity contribution in [3.63, 3.8) is 0 Å². The highest BCUT2D eigenvalue weighted by molar-refractivity contribution is 5.57. The van der Waals surface area contributed by atoms with Crippen molar-refractivity contribution < 1.29 is 0 Å². The Labute approximate surface area is 97.1 Å². The molecule has 2 N–H and O–H groups in total. The fraction of sp³-hybridized carbons (Fsp3) is 0.429. The largest absolute Gasteiger partial charge is 0.330 e. The molecule has 0 aliphatic heterocycles. The van der Waals surface area contributed by atoms with Gasteiger partial charge in [-0.05, 0) is 48.6 Å². The molecule has 2 heterocycles. The third kappa shape index (κ3) is 1.85. The number of hydrogen-bond donors (Lipinski definition) is 1. The lowest BCUT2D eigenvalue weighted by Gasteiger charge is -2.21. The van der Waals surface area contributed by atoms with Crippen LogP contribution in [0.3, 0.4) is 0 Å². The van der Waals surface area contributed by atoms with Crippen molar-refractivity contribution in [3.8, 4) is 0 Å². The molecule has 2 nitrogen and oxygen atoms in total. The summed E-state index contributed by atoms with van der Waals surface area (Å²) in [5.41, 5.74) is 8.54. The Morgan fingerprint density at radius 1 is 1.25 bits per heavy atom. The highest BCUT2D eigenvalue weighted by Gasteiger charge is 2.18. The van der Waals surface area contributed by atoms with Crippen molar-refractivity contribution in [2.45, 2.75) is 26.2 Å². The Bertz CT molecular complexity index is 458. The minimum absolute atomic E-state index is 0.538. The Morgan fingerprint density at radius 3 is 2.75 bits per heavy atom. The quantitative estimate of drug-likeness (QED) is 0.836. The number of aromatic nitrogens is 1. The average molecular weight is 216 g/mol. The maximum Gasteiger partial charge on any atom is 0.0484 e. The van der Waals surface area contributed by atoms with Gasteiger partial charge < -0.3 is 10.1 Å². The molecule has 0 aliphatic carbocycles. The summed E-state index contributed by atoms with van der Waals surface area (Å²) in [5.74, 6) is 1.11. The molecule has 2 aromatic rings. The number of hydrogen-bond acceptors (Lipinski definition) is 1. The van der Waals surface area contributed by atoms with E-state index >= 15 is 0 Å². The lowest BCUT2D eigenvalue weighted by molar-refractivity contribution is 0.459. The Kier molecular flexibility index (Phi) is 3.30. The molecule has 2 atom stereocenters. The molecular weight excluding hydrogens is 196 g/mol. The van der Waals surface area contributed by atoms with E-state index in [1.807, 2.05) is 0 Å². The molecule has 0 amide bonds. The zero-order valence-corrected chi connectivity index (χ0v) is 10.1. The van der Waals surface area contributed by atoms with E-state index in [1.54, 1.807) is 0 Å². The molecule has 2 unspecified atom stereocenters.